The van der Waals surface area contributed by atoms with Crippen LogP contribution in [0.5, 0.6) is 0 Å². The van der Waals surface area contributed by atoms with E-state index in [9.17, 15) is 24.3 Å². The number of carbonyl (C=O) groups is 4. The molecule has 1 aromatic carbocycles. The van der Waals surface area contributed by atoms with Crippen LogP contribution >= 0.6 is 34.8 Å². The maximum absolute atomic E-state index is 13.9. The predicted octanol–water partition coefficient (Wildman–Crippen LogP) is 4.62. The van der Waals surface area contributed by atoms with Gasteiger partial charge < -0.3 is 25.2 Å². The number of ether oxygens (including phenoxy) is 2. The Morgan fingerprint density at radius 3 is 2.46 bits per heavy atom. The van der Waals surface area contributed by atoms with E-state index in [1.54, 1.807) is 59.2 Å². The molecule has 1 aliphatic rings. The van der Waals surface area contributed by atoms with Gasteiger partial charge in [-0.05, 0) is 70.2 Å². The second-order valence-electron chi connectivity index (χ2n) is 14.1. The van der Waals surface area contributed by atoms with Gasteiger partial charge in [-0.15, -0.1) is 0 Å². The molecule has 54 heavy (non-hydrogen) atoms. The fourth-order valence-electron chi connectivity index (χ4n) is 5.69. The van der Waals surface area contributed by atoms with Crippen LogP contribution in [0.1, 0.15) is 71.7 Å². The van der Waals surface area contributed by atoms with Crippen LogP contribution in [0.2, 0.25) is 0 Å². The van der Waals surface area contributed by atoms with Crippen LogP contribution in [0.3, 0.4) is 0 Å². The number of aliphatic hydroxyl groups is 1. The number of esters is 1. The monoisotopic (exact) mass is 807 g/mol. The summed E-state index contributed by atoms with van der Waals surface area (Å²) in [6, 6.07) is 8.22. The van der Waals surface area contributed by atoms with E-state index >= 15 is 0 Å². The molecule has 0 spiro atoms. The van der Waals surface area contributed by atoms with Crippen molar-refractivity contribution < 1.29 is 33.8 Å². The highest BCUT2D eigenvalue weighted by Crippen LogP contribution is 2.27. The normalized spacial score (nSPS) is 17.6. The highest BCUT2D eigenvalue weighted by atomic mass is 35.6. The van der Waals surface area contributed by atoms with Crippen molar-refractivity contribution in [3.8, 4) is 0 Å². The average Bonchev–Trinajstić information content (AvgIpc) is 3.63. The summed E-state index contributed by atoms with van der Waals surface area (Å²) in [5.41, 5.74) is 4.04. The zero-order valence-electron chi connectivity index (χ0n) is 31.1. The molecule has 4 rings (SSSR count). The second-order valence-corrected chi connectivity index (χ2v) is 16.7. The second kappa shape index (κ2) is 18.7. The van der Waals surface area contributed by atoms with Crippen molar-refractivity contribution in [2.45, 2.75) is 95.2 Å². The number of carbonyl (C=O) groups excluding carboxylic acids is 4. The highest BCUT2D eigenvalue weighted by molar-refractivity contribution is 6.67. The smallest absolute Gasteiger partial charge is 0.325 e. The van der Waals surface area contributed by atoms with Gasteiger partial charge in [-0.3, -0.25) is 33.9 Å². The van der Waals surface area contributed by atoms with Crippen molar-refractivity contribution in [3.63, 3.8) is 0 Å². The first-order chi connectivity index (χ1) is 25.3. The van der Waals surface area contributed by atoms with E-state index in [1.165, 1.54) is 9.69 Å². The summed E-state index contributed by atoms with van der Waals surface area (Å²) < 4.78 is 10.3. The number of aliphatic hydroxyl groups excluding tert-OH is 1. The topological polar surface area (TPSA) is 177 Å². The molecular formula is C37H48Cl3N7O7. The van der Waals surface area contributed by atoms with E-state index in [-0.39, 0.29) is 19.0 Å². The fraction of sp³-hybridized carbons (Fsp3) is 0.514. The Morgan fingerprint density at radius 1 is 1.09 bits per heavy atom. The Bertz CT molecular complexity index is 1800. The minimum Gasteiger partial charge on any atom is -0.460 e. The number of amides is 3. The molecule has 4 N–H and O–H groups in total. The van der Waals surface area contributed by atoms with Crippen LogP contribution in [0.15, 0.2) is 54.9 Å². The van der Waals surface area contributed by atoms with E-state index in [0.717, 1.165) is 16.5 Å². The molecule has 294 valence electrons. The van der Waals surface area contributed by atoms with Crippen molar-refractivity contribution in [3.05, 3.63) is 66.1 Å². The van der Waals surface area contributed by atoms with Gasteiger partial charge in [0.25, 0.3) is 5.91 Å². The van der Waals surface area contributed by atoms with E-state index in [1.807, 2.05) is 43.3 Å². The third kappa shape index (κ3) is 12.4. The molecule has 1 aliphatic heterocycles. The summed E-state index contributed by atoms with van der Waals surface area (Å²) in [5, 5.41) is 21.7. The summed E-state index contributed by atoms with van der Waals surface area (Å²) >= 11 is 17.2. The van der Waals surface area contributed by atoms with E-state index in [2.05, 4.69) is 21.2 Å². The highest BCUT2D eigenvalue weighted by Gasteiger charge is 2.37. The molecule has 3 amide bonds. The SMILES string of the molecule is CC(O)O[C@H](C)c1ccc2ccc(/C=C/C(C)(C)C(=O)N[C@H](C(=O)NC(Cn3cccn3)C(=O)N3CCC[C@@H](C(=O)OCC(Cl)(Cl)Cl)N3)C(C)C)cc2n1. The van der Waals surface area contributed by atoms with Crippen molar-refractivity contribution in [1.29, 1.82) is 0 Å². The number of benzene rings is 1. The largest absolute Gasteiger partial charge is 0.460 e. The lowest BCUT2D eigenvalue weighted by molar-refractivity contribution is -0.153. The molecule has 0 radical (unpaired) electrons. The third-order valence-electron chi connectivity index (χ3n) is 8.73. The lowest BCUT2D eigenvalue weighted by atomic mass is 9.89. The Morgan fingerprint density at radius 2 is 1.81 bits per heavy atom. The molecule has 3 heterocycles. The Labute approximate surface area is 329 Å². The van der Waals surface area contributed by atoms with Crippen LogP contribution < -0.4 is 16.1 Å². The van der Waals surface area contributed by atoms with Crippen LogP contribution in [-0.4, -0.2) is 89.9 Å². The molecule has 14 nitrogen and oxygen atoms in total. The molecule has 0 aliphatic carbocycles. The maximum atomic E-state index is 13.9. The number of nitrogens with zero attached hydrogens (tertiary/aromatic N) is 4. The van der Waals surface area contributed by atoms with E-state index in [0.29, 0.717) is 18.5 Å². The number of nitrogens with one attached hydrogen (secondary N) is 3. The first-order valence-electron chi connectivity index (χ1n) is 17.7. The summed E-state index contributed by atoms with van der Waals surface area (Å²) in [6.07, 6.45) is 6.28. The van der Waals surface area contributed by atoms with Gasteiger partial charge in [0.2, 0.25) is 15.6 Å². The van der Waals surface area contributed by atoms with Crippen LogP contribution in [0.25, 0.3) is 17.0 Å². The molecule has 0 bridgehead atoms. The summed E-state index contributed by atoms with van der Waals surface area (Å²) in [4.78, 5) is 58.8. The quantitative estimate of drug-likeness (QED) is 0.0963. The molecule has 2 aromatic heterocycles. The zero-order valence-corrected chi connectivity index (χ0v) is 33.4. The molecule has 2 unspecified atom stereocenters. The minimum atomic E-state index is -1.79. The number of hydrogen-bond acceptors (Lipinski definition) is 10. The van der Waals surface area contributed by atoms with Gasteiger partial charge in [-0.2, -0.15) is 5.10 Å². The molecule has 17 heteroatoms. The van der Waals surface area contributed by atoms with Gasteiger partial charge in [0.1, 0.15) is 24.7 Å². The maximum Gasteiger partial charge on any atom is 0.325 e. The number of halogens is 3. The zero-order chi connectivity index (χ0) is 39.8. The summed E-state index contributed by atoms with van der Waals surface area (Å²) in [5.74, 6) is -2.52. The number of hydrazine groups is 1. The molecule has 5 atom stereocenters. The summed E-state index contributed by atoms with van der Waals surface area (Å²) in [7, 11) is 0. The molecule has 1 fully saturated rings. The number of pyridine rings is 1. The van der Waals surface area contributed by atoms with Gasteiger partial charge >= 0.3 is 5.97 Å². The minimum absolute atomic E-state index is 0.0142. The van der Waals surface area contributed by atoms with Gasteiger partial charge in [0, 0.05) is 24.3 Å². The first-order valence-corrected chi connectivity index (χ1v) is 18.8. The fourth-order valence-corrected chi connectivity index (χ4v) is 5.85. The molecule has 1 saturated heterocycles. The standard InChI is InChI=1S/C37H48Cl3N7O7/c1-22(2)31(44-35(52)36(5,6)15-14-25-10-11-26-12-13-27(42-29(26)19-25)23(3)54-24(4)48)32(49)43-30(20-46-17-8-16-41-46)33(50)47-18-7-9-28(45-47)34(51)53-21-37(38,39)40/h8,10-17,19,22-24,28,30-31,45,48H,7,9,18,20-21H2,1-6H3,(H,43,49)(H,44,52)/b15-14+/t23-,24?,28+,30?,31+/m1/s1. The number of fused-ring (bicyclic) bond motifs is 1. The van der Waals surface area contributed by atoms with Gasteiger partial charge in [0.05, 0.1) is 29.3 Å². The number of aromatic nitrogens is 3. The molecule has 0 saturated carbocycles. The van der Waals surface area contributed by atoms with Gasteiger partial charge in [-0.25, -0.2) is 5.43 Å². The lowest BCUT2D eigenvalue weighted by Gasteiger charge is -2.35. The number of rotatable bonds is 15. The average molecular weight is 809 g/mol. The molecule has 3 aromatic rings. The Hall–Kier alpha value is -3.79. The van der Waals surface area contributed by atoms with E-state index < -0.39 is 70.0 Å². The first kappa shape index (κ1) is 42.9. The lowest BCUT2D eigenvalue weighted by Crippen LogP contribution is -2.62. The molecular weight excluding hydrogens is 761 g/mol. The van der Waals surface area contributed by atoms with Gasteiger partial charge in [-0.1, -0.05) is 79.0 Å². The van der Waals surface area contributed by atoms with Crippen LogP contribution in [0, 0.1) is 11.3 Å². The summed E-state index contributed by atoms with van der Waals surface area (Å²) in [6.45, 7) is 10.2. The van der Waals surface area contributed by atoms with Crippen molar-refractivity contribution in [1.82, 2.24) is 35.8 Å². The third-order valence-corrected chi connectivity index (χ3v) is 9.05. The predicted molar refractivity (Wildman–Crippen MR) is 206 cm³/mol. The van der Waals surface area contributed by atoms with Crippen molar-refractivity contribution in [2.24, 2.45) is 11.3 Å². The van der Waals surface area contributed by atoms with Crippen LogP contribution in [0.4, 0.5) is 0 Å². The Kier molecular flexibility index (Phi) is 14.9. The number of alkyl halides is 3. The van der Waals surface area contributed by atoms with Gasteiger partial charge in [0.15, 0.2) is 6.29 Å². The van der Waals surface area contributed by atoms with Crippen LogP contribution in [-0.2, 0) is 35.2 Å². The van der Waals surface area contributed by atoms with Crippen molar-refractivity contribution in [2.75, 3.05) is 13.2 Å². The number of hydrogen-bond donors (Lipinski definition) is 4. The Balaban J connectivity index is 1.46. The van der Waals surface area contributed by atoms with E-state index in [4.69, 9.17) is 49.3 Å². The van der Waals surface area contributed by atoms with Crippen molar-refractivity contribution >= 4 is 75.5 Å².